The SMILES string of the molecule is CC1CN(CC2CCN(Cc3c(Cl)ccc4cccnc34)CC2)CC(C)O1. The molecule has 5 heteroatoms. The van der Waals surface area contributed by atoms with Crippen molar-refractivity contribution in [3.63, 3.8) is 0 Å². The molecule has 146 valence electrons. The molecule has 0 aliphatic carbocycles. The van der Waals surface area contributed by atoms with E-state index in [0.29, 0.717) is 12.2 Å². The first-order valence-corrected chi connectivity index (χ1v) is 10.6. The Morgan fingerprint density at radius 1 is 1.07 bits per heavy atom. The molecule has 0 N–H and O–H groups in total. The van der Waals surface area contributed by atoms with E-state index in [9.17, 15) is 0 Å². The van der Waals surface area contributed by atoms with E-state index in [0.717, 1.165) is 49.2 Å². The molecule has 1 aromatic carbocycles. The highest BCUT2D eigenvalue weighted by Gasteiger charge is 2.27. The van der Waals surface area contributed by atoms with Gasteiger partial charge < -0.3 is 4.74 Å². The van der Waals surface area contributed by atoms with Crippen LogP contribution in [0.2, 0.25) is 5.02 Å². The molecule has 2 aliphatic rings. The second-order valence-corrected chi connectivity index (χ2v) is 8.70. The molecule has 0 amide bonds. The van der Waals surface area contributed by atoms with Crippen LogP contribution in [0.15, 0.2) is 30.5 Å². The Morgan fingerprint density at radius 2 is 1.81 bits per heavy atom. The minimum absolute atomic E-state index is 0.356. The van der Waals surface area contributed by atoms with E-state index in [4.69, 9.17) is 16.3 Å². The number of benzene rings is 1. The van der Waals surface area contributed by atoms with Crippen LogP contribution in [-0.4, -0.2) is 59.7 Å². The molecule has 0 radical (unpaired) electrons. The fourth-order valence-corrected chi connectivity index (χ4v) is 4.89. The smallest absolute Gasteiger partial charge is 0.0761 e. The fourth-order valence-electron chi connectivity index (χ4n) is 4.68. The lowest BCUT2D eigenvalue weighted by Gasteiger charge is -2.39. The van der Waals surface area contributed by atoms with Gasteiger partial charge in [0.25, 0.3) is 0 Å². The molecule has 3 heterocycles. The van der Waals surface area contributed by atoms with Gasteiger partial charge >= 0.3 is 0 Å². The average Bonchev–Trinajstić information content (AvgIpc) is 2.65. The normalized spacial score (nSPS) is 25.9. The van der Waals surface area contributed by atoms with Crippen molar-refractivity contribution in [3.05, 3.63) is 41.0 Å². The van der Waals surface area contributed by atoms with Gasteiger partial charge in [0, 0.05) is 48.3 Å². The third-order valence-electron chi connectivity index (χ3n) is 5.92. The standard InChI is InChI=1S/C22H30ClN3O/c1-16-12-26(13-17(2)27-16)14-18-7-10-25(11-8-18)15-20-21(23)6-5-19-4-3-9-24-22(19)20/h3-6,9,16-18H,7-8,10-15H2,1-2H3. The van der Waals surface area contributed by atoms with Crippen molar-refractivity contribution in [2.45, 2.75) is 45.4 Å². The van der Waals surface area contributed by atoms with Crippen molar-refractivity contribution in [2.75, 3.05) is 32.7 Å². The van der Waals surface area contributed by atoms with Crippen molar-refractivity contribution in [3.8, 4) is 0 Å². The van der Waals surface area contributed by atoms with Crippen molar-refractivity contribution in [1.29, 1.82) is 0 Å². The first-order chi connectivity index (χ1) is 13.1. The number of fused-ring (bicyclic) bond motifs is 1. The molecule has 4 rings (SSSR count). The van der Waals surface area contributed by atoms with Gasteiger partial charge in [0.1, 0.15) is 0 Å². The number of pyridine rings is 1. The lowest BCUT2D eigenvalue weighted by molar-refractivity contribution is -0.0732. The Bertz CT molecular complexity index is 765. The summed E-state index contributed by atoms with van der Waals surface area (Å²) in [6, 6.07) is 8.16. The van der Waals surface area contributed by atoms with Gasteiger partial charge in [-0.2, -0.15) is 0 Å². The molecule has 2 saturated heterocycles. The molecule has 4 nitrogen and oxygen atoms in total. The van der Waals surface area contributed by atoms with Gasteiger partial charge in [-0.3, -0.25) is 14.8 Å². The Morgan fingerprint density at radius 3 is 2.56 bits per heavy atom. The number of halogens is 1. The fraction of sp³-hybridized carbons (Fsp3) is 0.591. The Kier molecular flexibility index (Phi) is 5.98. The summed E-state index contributed by atoms with van der Waals surface area (Å²) in [5.74, 6) is 0.792. The average molecular weight is 388 g/mol. The van der Waals surface area contributed by atoms with Crippen LogP contribution in [0.25, 0.3) is 10.9 Å². The maximum absolute atomic E-state index is 6.52. The van der Waals surface area contributed by atoms with Gasteiger partial charge in [0.05, 0.1) is 17.7 Å². The third-order valence-corrected chi connectivity index (χ3v) is 6.28. The number of piperidine rings is 1. The summed E-state index contributed by atoms with van der Waals surface area (Å²) in [4.78, 5) is 9.72. The van der Waals surface area contributed by atoms with Crippen LogP contribution >= 0.6 is 11.6 Å². The zero-order valence-electron chi connectivity index (χ0n) is 16.4. The van der Waals surface area contributed by atoms with E-state index in [-0.39, 0.29) is 0 Å². The van der Waals surface area contributed by atoms with E-state index in [1.165, 1.54) is 30.3 Å². The Hall–Kier alpha value is -1.20. The predicted molar refractivity (Wildman–Crippen MR) is 111 cm³/mol. The molecule has 2 fully saturated rings. The molecular formula is C22H30ClN3O. The molecule has 2 atom stereocenters. The van der Waals surface area contributed by atoms with Gasteiger partial charge in [-0.05, 0) is 57.8 Å². The maximum atomic E-state index is 6.52. The van der Waals surface area contributed by atoms with Crippen molar-refractivity contribution >= 4 is 22.5 Å². The van der Waals surface area contributed by atoms with Gasteiger partial charge in [0.2, 0.25) is 0 Å². The summed E-state index contributed by atoms with van der Waals surface area (Å²) >= 11 is 6.52. The molecular weight excluding hydrogens is 358 g/mol. The Balaban J connectivity index is 1.34. The van der Waals surface area contributed by atoms with Crippen LogP contribution in [0.3, 0.4) is 0 Å². The maximum Gasteiger partial charge on any atom is 0.0761 e. The molecule has 1 aromatic heterocycles. The van der Waals surface area contributed by atoms with Crippen LogP contribution in [0.5, 0.6) is 0 Å². The summed E-state index contributed by atoms with van der Waals surface area (Å²) in [6.07, 6.45) is 5.09. The second kappa shape index (κ2) is 8.44. The van der Waals surface area contributed by atoms with E-state index in [1.807, 2.05) is 18.3 Å². The Labute approximate surface area is 167 Å². The van der Waals surface area contributed by atoms with Gasteiger partial charge in [0.15, 0.2) is 0 Å². The van der Waals surface area contributed by atoms with Crippen LogP contribution in [0.4, 0.5) is 0 Å². The molecule has 0 bridgehead atoms. The number of nitrogens with zero attached hydrogens (tertiary/aromatic N) is 3. The molecule has 2 unspecified atom stereocenters. The van der Waals surface area contributed by atoms with Crippen LogP contribution < -0.4 is 0 Å². The zero-order valence-corrected chi connectivity index (χ0v) is 17.2. The number of morpholine rings is 1. The number of hydrogen-bond donors (Lipinski definition) is 0. The van der Waals surface area contributed by atoms with E-state index >= 15 is 0 Å². The topological polar surface area (TPSA) is 28.6 Å². The highest BCUT2D eigenvalue weighted by atomic mass is 35.5. The summed E-state index contributed by atoms with van der Waals surface area (Å²) in [5.41, 5.74) is 2.22. The van der Waals surface area contributed by atoms with E-state index in [2.05, 4.69) is 40.8 Å². The number of ether oxygens (including phenoxy) is 1. The first kappa shape index (κ1) is 19.1. The summed E-state index contributed by atoms with van der Waals surface area (Å²) in [5, 5.41) is 2.00. The largest absolute Gasteiger partial charge is 0.373 e. The predicted octanol–water partition coefficient (Wildman–Crippen LogP) is 4.21. The summed E-state index contributed by atoms with van der Waals surface area (Å²) < 4.78 is 5.87. The molecule has 27 heavy (non-hydrogen) atoms. The van der Waals surface area contributed by atoms with Crippen molar-refractivity contribution in [2.24, 2.45) is 5.92 Å². The first-order valence-electron chi connectivity index (χ1n) is 10.2. The number of aromatic nitrogens is 1. The number of hydrogen-bond acceptors (Lipinski definition) is 4. The molecule has 0 spiro atoms. The minimum atomic E-state index is 0.356. The molecule has 2 aromatic rings. The molecule has 2 aliphatic heterocycles. The lowest BCUT2D eigenvalue weighted by Crippen LogP contribution is -2.48. The molecule has 0 saturated carbocycles. The third kappa shape index (κ3) is 4.62. The summed E-state index contributed by atoms with van der Waals surface area (Å²) in [6.45, 7) is 10.9. The lowest BCUT2D eigenvalue weighted by atomic mass is 9.95. The van der Waals surface area contributed by atoms with Gasteiger partial charge in [-0.25, -0.2) is 0 Å². The zero-order chi connectivity index (χ0) is 18.8. The van der Waals surface area contributed by atoms with E-state index in [1.54, 1.807) is 0 Å². The quantitative estimate of drug-likeness (QED) is 0.785. The highest BCUT2D eigenvalue weighted by Crippen LogP contribution is 2.28. The van der Waals surface area contributed by atoms with E-state index < -0.39 is 0 Å². The van der Waals surface area contributed by atoms with Crippen LogP contribution in [0, 0.1) is 5.92 Å². The van der Waals surface area contributed by atoms with Crippen molar-refractivity contribution < 1.29 is 4.74 Å². The van der Waals surface area contributed by atoms with Crippen LogP contribution in [-0.2, 0) is 11.3 Å². The second-order valence-electron chi connectivity index (χ2n) is 8.30. The van der Waals surface area contributed by atoms with Gasteiger partial charge in [-0.1, -0.05) is 23.7 Å². The highest BCUT2D eigenvalue weighted by molar-refractivity contribution is 6.32. The number of rotatable bonds is 4. The monoisotopic (exact) mass is 387 g/mol. The van der Waals surface area contributed by atoms with Crippen LogP contribution in [0.1, 0.15) is 32.3 Å². The number of likely N-dealkylation sites (tertiary alicyclic amines) is 1. The summed E-state index contributed by atoms with van der Waals surface area (Å²) in [7, 11) is 0. The minimum Gasteiger partial charge on any atom is -0.373 e. The van der Waals surface area contributed by atoms with Crippen molar-refractivity contribution in [1.82, 2.24) is 14.8 Å². The van der Waals surface area contributed by atoms with Gasteiger partial charge in [-0.15, -0.1) is 0 Å².